The maximum absolute atomic E-state index is 14.1. The third kappa shape index (κ3) is 4.82. The van der Waals surface area contributed by atoms with Gasteiger partial charge in [0.25, 0.3) is 5.91 Å². The molecule has 0 fully saturated rings. The number of hydrogen-bond acceptors (Lipinski definition) is 3. The van der Waals surface area contributed by atoms with E-state index in [-0.39, 0.29) is 22.4 Å². The van der Waals surface area contributed by atoms with Gasteiger partial charge in [0.05, 0.1) is 5.02 Å². The summed E-state index contributed by atoms with van der Waals surface area (Å²) in [6.45, 7) is 9.79. The third-order valence-corrected chi connectivity index (χ3v) is 4.60. The molecule has 0 atom stereocenters. The number of carbonyl (C=O) groups is 1. The molecular formula is C22H24ClFN4O. The van der Waals surface area contributed by atoms with Crippen LogP contribution in [0.2, 0.25) is 5.02 Å². The van der Waals surface area contributed by atoms with Crippen LogP contribution < -0.4 is 5.32 Å². The molecule has 2 aromatic carbocycles. The molecule has 0 radical (unpaired) electrons. The topological polar surface area (TPSA) is 59.8 Å². The number of nitrogens with one attached hydrogen (secondary N) is 1. The highest BCUT2D eigenvalue weighted by molar-refractivity contribution is 6.30. The van der Waals surface area contributed by atoms with Crippen molar-refractivity contribution in [1.29, 1.82) is 0 Å². The highest BCUT2D eigenvalue weighted by Crippen LogP contribution is 2.28. The molecule has 1 heterocycles. The number of nitrogens with zero attached hydrogens (tertiary/aromatic N) is 3. The Bertz CT molecular complexity index is 1050. The summed E-state index contributed by atoms with van der Waals surface area (Å²) in [6.07, 6.45) is 1.61. The lowest BCUT2D eigenvalue weighted by Crippen LogP contribution is -2.40. The lowest BCUT2D eigenvalue weighted by molar-refractivity contribution is 0.0919. The Kier molecular flexibility index (Phi) is 5.75. The summed E-state index contributed by atoms with van der Waals surface area (Å²) < 4.78 is 15.9. The average Bonchev–Trinajstić information content (AvgIpc) is 3.12. The first-order valence-corrected chi connectivity index (χ1v) is 9.76. The molecule has 0 aliphatic carbocycles. The molecule has 5 nitrogen and oxygen atoms in total. The van der Waals surface area contributed by atoms with Crippen LogP contribution in [0.15, 0.2) is 42.7 Å². The molecule has 29 heavy (non-hydrogen) atoms. The van der Waals surface area contributed by atoms with Crippen LogP contribution >= 0.6 is 11.6 Å². The zero-order valence-corrected chi connectivity index (χ0v) is 17.9. The number of amides is 1. The summed E-state index contributed by atoms with van der Waals surface area (Å²) in [7, 11) is 0. The summed E-state index contributed by atoms with van der Waals surface area (Å²) in [6, 6.07) is 10.0. The van der Waals surface area contributed by atoms with Crippen LogP contribution in [0.1, 0.15) is 56.7 Å². The Morgan fingerprint density at radius 3 is 2.48 bits per heavy atom. The minimum atomic E-state index is -0.512. The number of aromatic nitrogens is 3. The van der Waals surface area contributed by atoms with Gasteiger partial charge < -0.3 is 5.32 Å². The summed E-state index contributed by atoms with van der Waals surface area (Å²) >= 11 is 5.83. The fourth-order valence-electron chi connectivity index (χ4n) is 2.97. The SMILES string of the molecule is CC(C)c1nncn1-c1cc(C(=O)NC(C)(C)C)cc(-c2ccc(Cl)c(F)c2)c1. The van der Waals surface area contributed by atoms with Crippen LogP contribution in [0, 0.1) is 5.82 Å². The first kappa shape index (κ1) is 21.0. The van der Waals surface area contributed by atoms with Gasteiger partial charge in [0.15, 0.2) is 0 Å². The molecule has 1 amide bonds. The van der Waals surface area contributed by atoms with Gasteiger partial charge in [-0.05, 0) is 62.2 Å². The van der Waals surface area contributed by atoms with Crippen molar-refractivity contribution in [1.82, 2.24) is 20.1 Å². The van der Waals surface area contributed by atoms with Crippen molar-refractivity contribution in [3.8, 4) is 16.8 Å². The Hall–Kier alpha value is -2.73. The van der Waals surface area contributed by atoms with Crippen LogP contribution in [0.4, 0.5) is 4.39 Å². The fraction of sp³-hybridized carbons (Fsp3) is 0.318. The number of rotatable bonds is 4. The van der Waals surface area contributed by atoms with Crippen molar-refractivity contribution in [2.75, 3.05) is 0 Å². The molecule has 152 valence electrons. The second-order valence-electron chi connectivity index (χ2n) is 8.32. The van der Waals surface area contributed by atoms with Gasteiger partial charge in [-0.15, -0.1) is 10.2 Å². The first-order valence-electron chi connectivity index (χ1n) is 9.38. The maximum atomic E-state index is 14.1. The van der Waals surface area contributed by atoms with E-state index in [2.05, 4.69) is 15.5 Å². The number of hydrogen-bond donors (Lipinski definition) is 1. The molecular weight excluding hydrogens is 391 g/mol. The summed E-state index contributed by atoms with van der Waals surface area (Å²) in [5, 5.41) is 11.2. The molecule has 0 aliphatic rings. The predicted octanol–water partition coefficient (Wildman–Crippen LogP) is 5.38. The van der Waals surface area contributed by atoms with Crippen molar-refractivity contribution in [2.45, 2.75) is 46.1 Å². The number of carbonyl (C=O) groups excluding carboxylic acids is 1. The van der Waals surface area contributed by atoms with Gasteiger partial charge >= 0.3 is 0 Å². The zero-order valence-electron chi connectivity index (χ0n) is 17.1. The van der Waals surface area contributed by atoms with E-state index in [9.17, 15) is 9.18 Å². The summed E-state index contributed by atoms with van der Waals surface area (Å²) in [4.78, 5) is 12.9. The van der Waals surface area contributed by atoms with E-state index in [0.29, 0.717) is 16.7 Å². The molecule has 3 aromatic rings. The molecule has 0 bridgehead atoms. The molecule has 0 spiro atoms. The standard InChI is InChI=1S/C22H24ClFN4O/c1-13(2)20-27-25-12-28(20)17-9-15(14-6-7-18(23)19(24)11-14)8-16(10-17)21(29)26-22(3,4)5/h6-13H,1-5H3,(H,26,29). The van der Waals surface area contributed by atoms with Gasteiger partial charge in [-0.25, -0.2) is 4.39 Å². The molecule has 0 aliphatic heterocycles. The minimum Gasteiger partial charge on any atom is -0.347 e. The van der Waals surface area contributed by atoms with E-state index in [1.165, 1.54) is 12.1 Å². The van der Waals surface area contributed by atoms with Gasteiger partial charge in [0.1, 0.15) is 18.0 Å². The lowest BCUT2D eigenvalue weighted by Gasteiger charge is -2.21. The Labute approximate surface area is 174 Å². The second-order valence-corrected chi connectivity index (χ2v) is 8.72. The average molecular weight is 415 g/mol. The van der Waals surface area contributed by atoms with Crippen LogP contribution in [-0.2, 0) is 0 Å². The van der Waals surface area contributed by atoms with E-state index in [4.69, 9.17) is 11.6 Å². The van der Waals surface area contributed by atoms with Gasteiger partial charge in [-0.2, -0.15) is 0 Å². The van der Waals surface area contributed by atoms with Crippen LogP contribution in [0.25, 0.3) is 16.8 Å². The summed E-state index contributed by atoms with van der Waals surface area (Å²) in [5.74, 6) is 0.184. The van der Waals surface area contributed by atoms with Gasteiger partial charge in [0.2, 0.25) is 0 Å². The maximum Gasteiger partial charge on any atom is 0.251 e. The van der Waals surface area contributed by atoms with Gasteiger partial charge in [0, 0.05) is 22.7 Å². The Balaban J connectivity index is 2.17. The third-order valence-electron chi connectivity index (χ3n) is 4.29. The highest BCUT2D eigenvalue weighted by atomic mass is 35.5. The van der Waals surface area contributed by atoms with E-state index >= 15 is 0 Å². The van der Waals surface area contributed by atoms with Gasteiger partial charge in [-0.3, -0.25) is 9.36 Å². The quantitative estimate of drug-likeness (QED) is 0.623. The van der Waals surface area contributed by atoms with E-state index in [1.54, 1.807) is 24.5 Å². The zero-order chi connectivity index (χ0) is 21.3. The van der Waals surface area contributed by atoms with Crippen molar-refractivity contribution in [2.24, 2.45) is 0 Å². The lowest BCUT2D eigenvalue weighted by atomic mass is 10.00. The fourth-order valence-corrected chi connectivity index (χ4v) is 3.09. The van der Waals surface area contributed by atoms with Crippen molar-refractivity contribution >= 4 is 17.5 Å². The highest BCUT2D eigenvalue weighted by Gasteiger charge is 2.19. The van der Waals surface area contributed by atoms with Crippen molar-refractivity contribution < 1.29 is 9.18 Å². The van der Waals surface area contributed by atoms with E-state index in [1.807, 2.05) is 45.3 Å². The number of benzene rings is 2. The molecule has 0 unspecified atom stereocenters. The van der Waals surface area contributed by atoms with Crippen LogP contribution in [0.3, 0.4) is 0 Å². The van der Waals surface area contributed by atoms with Crippen LogP contribution in [0.5, 0.6) is 0 Å². The van der Waals surface area contributed by atoms with Crippen molar-refractivity contribution in [3.63, 3.8) is 0 Å². The minimum absolute atomic E-state index is 0.0523. The normalized spacial score (nSPS) is 11.7. The van der Waals surface area contributed by atoms with Crippen molar-refractivity contribution in [3.05, 3.63) is 65.0 Å². The van der Waals surface area contributed by atoms with E-state index < -0.39 is 5.82 Å². The smallest absolute Gasteiger partial charge is 0.251 e. The Morgan fingerprint density at radius 1 is 1.14 bits per heavy atom. The summed E-state index contributed by atoms with van der Waals surface area (Å²) in [5.41, 5.74) is 2.12. The molecule has 0 saturated carbocycles. The largest absolute Gasteiger partial charge is 0.347 e. The second kappa shape index (κ2) is 7.95. The molecule has 1 aromatic heterocycles. The predicted molar refractivity (Wildman–Crippen MR) is 113 cm³/mol. The molecule has 3 rings (SSSR count). The molecule has 1 N–H and O–H groups in total. The monoisotopic (exact) mass is 414 g/mol. The Morgan fingerprint density at radius 2 is 1.86 bits per heavy atom. The number of halogens is 2. The van der Waals surface area contributed by atoms with Gasteiger partial charge in [-0.1, -0.05) is 31.5 Å². The van der Waals surface area contributed by atoms with E-state index in [0.717, 1.165) is 11.5 Å². The molecule has 0 saturated heterocycles. The first-order chi connectivity index (χ1) is 13.5. The van der Waals surface area contributed by atoms with Crippen LogP contribution in [-0.4, -0.2) is 26.2 Å². The molecule has 7 heteroatoms.